The predicted molar refractivity (Wildman–Crippen MR) is 97.2 cm³/mol. The number of nitrogens with zero attached hydrogens (tertiary/aromatic N) is 6. The van der Waals surface area contributed by atoms with E-state index in [1.165, 1.54) is 0 Å². The van der Waals surface area contributed by atoms with E-state index in [4.69, 9.17) is 4.52 Å². The maximum Gasteiger partial charge on any atom is 0.317 e. The Morgan fingerprint density at radius 2 is 2.26 bits per heavy atom. The third-order valence-electron chi connectivity index (χ3n) is 4.81. The van der Waals surface area contributed by atoms with E-state index < -0.39 is 0 Å². The van der Waals surface area contributed by atoms with Crippen molar-refractivity contribution in [2.75, 3.05) is 13.1 Å². The van der Waals surface area contributed by atoms with Crippen LogP contribution in [0, 0.1) is 0 Å². The summed E-state index contributed by atoms with van der Waals surface area (Å²) >= 11 is 0. The first-order chi connectivity index (χ1) is 13.1. The monoisotopic (exact) mass is 369 g/mol. The van der Waals surface area contributed by atoms with E-state index in [9.17, 15) is 4.79 Å². The maximum absolute atomic E-state index is 12.6. The van der Waals surface area contributed by atoms with Crippen molar-refractivity contribution in [2.24, 2.45) is 0 Å². The number of nitrogens with one attached hydrogen (secondary N) is 1. The van der Waals surface area contributed by atoms with Gasteiger partial charge in [-0.25, -0.2) is 4.79 Å². The molecule has 1 aliphatic heterocycles. The Morgan fingerprint density at radius 1 is 1.37 bits per heavy atom. The predicted octanol–water partition coefficient (Wildman–Crippen LogP) is 2.32. The number of pyridine rings is 1. The lowest BCUT2D eigenvalue weighted by molar-refractivity contribution is 0.171. The first kappa shape index (κ1) is 17.4. The summed E-state index contributed by atoms with van der Waals surface area (Å²) in [6.45, 7) is 5.68. The molecule has 3 aromatic heterocycles. The molecular formula is C18H23N7O2. The second kappa shape index (κ2) is 7.34. The molecule has 3 aromatic rings. The summed E-state index contributed by atoms with van der Waals surface area (Å²) in [6.07, 6.45) is 3.74. The summed E-state index contributed by atoms with van der Waals surface area (Å²) in [4.78, 5) is 18.9. The van der Waals surface area contributed by atoms with E-state index >= 15 is 0 Å². The molecule has 9 heteroatoms. The molecule has 0 aromatic carbocycles. The molecule has 1 atom stereocenters. The summed E-state index contributed by atoms with van der Waals surface area (Å²) in [5, 5.41) is 15.2. The molecule has 1 saturated heterocycles. The van der Waals surface area contributed by atoms with E-state index in [1.54, 1.807) is 4.90 Å². The zero-order chi connectivity index (χ0) is 18.8. The molecule has 0 radical (unpaired) electrons. The van der Waals surface area contributed by atoms with Crippen molar-refractivity contribution in [1.82, 2.24) is 35.0 Å². The van der Waals surface area contributed by atoms with Crippen LogP contribution in [0.1, 0.15) is 56.1 Å². The normalized spacial score (nSPS) is 17.6. The van der Waals surface area contributed by atoms with Gasteiger partial charge in [-0.05, 0) is 25.0 Å². The van der Waals surface area contributed by atoms with E-state index in [0.29, 0.717) is 37.2 Å². The van der Waals surface area contributed by atoms with Gasteiger partial charge >= 0.3 is 6.03 Å². The molecule has 4 heterocycles. The Labute approximate surface area is 156 Å². The van der Waals surface area contributed by atoms with Crippen LogP contribution < -0.4 is 5.32 Å². The number of amides is 2. The molecule has 0 bridgehead atoms. The van der Waals surface area contributed by atoms with Gasteiger partial charge < -0.3 is 14.7 Å². The summed E-state index contributed by atoms with van der Waals surface area (Å²) in [7, 11) is 0. The minimum absolute atomic E-state index is 0.0819. The maximum atomic E-state index is 12.6. The van der Waals surface area contributed by atoms with Gasteiger partial charge in [0, 0.05) is 25.2 Å². The van der Waals surface area contributed by atoms with Crippen LogP contribution in [-0.4, -0.2) is 48.8 Å². The first-order valence-corrected chi connectivity index (χ1v) is 9.26. The molecule has 0 spiro atoms. The van der Waals surface area contributed by atoms with Crippen LogP contribution >= 0.6 is 0 Å². The molecule has 0 aliphatic carbocycles. The lowest BCUT2D eigenvalue weighted by Crippen LogP contribution is -2.44. The SMILES string of the molecule is CC(C)c1noc([C@H]2CCCN(C(=O)NCc3nnc4ccccn34)C2)n1. The van der Waals surface area contributed by atoms with E-state index in [2.05, 4.69) is 25.7 Å². The second-order valence-corrected chi connectivity index (χ2v) is 7.13. The molecule has 27 heavy (non-hydrogen) atoms. The fraction of sp³-hybridized carbons (Fsp3) is 0.500. The number of piperidine rings is 1. The Balaban J connectivity index is 1.38. The molecule has 1 fully saturated rings. The highest BCUT2D eigenvalue weighted by Gasteiger charge is 2.29. The van der Waals surface area contributed by atoms with E-state index in [1.807, 2.05) is 42.6 Å². The van der Waals surface area contributed by atoms with Crippen molar-refractivity contribution >= 4 is 11.7 Å². The van der Waals surface area contributed by atoms with Crippen molar-refractivity contribution in [2.45, 2.75) is 45.1 Å². The van der Waals surface area contributed by atoms with E-state index in [0.717, 1.165) is 18.5 Å². The van der Waals surface area contributed by atoms with Crippen LogP contribution in [0.25, 0.3) is 5.65 Å². The largest absolute Gasteiger partial charge is 0.339 e. The van der Waals surface area contributed by atoms with Crippen molar-refractivity contribution in [1.29, 1.82) is 0 Å². The summed E-state index contributed by atoms with van der Waals surface area (Å²) in [5.74, 6) is 2.35. The number of urea groups is 1. The van der Waals surface area contributed by atoms with Crippen LogP contribution in [0.4, 0.5) is 4.79 Å². The molecular weight excluding hydrogens is 346 g/mol. The topological polar surface area (TPSA) is 101 Å². The van der Waals surface area contributed by atoms with Gasteiger partial charge in [-0.15, -0.1) is 10.2 Å². The number of aromatic nitrogens is 5. The number of rotatable bonds is 4. The van der Waals surface area contributed by atoms with Gasteiger partial charge in [-0.1, -0.05) is 25.1 Å². The van der Waals surface area contributed by atoms with Crippen LogP contribution in [0.15, 0.2) is 28.9 Å². The van der Waals surface area contributed by atoms with Crippen molar-refractivity contribution in [3.63, 3.8) is 0 Å². The third-order valence-corrected chi connectivity index (χ3v) is 4.81. The molecule has 9 nitrogen and oxygen atoms in total. The number of hydrogen-bond acceptors (Lipinski definition) is 6. The molecule has 4 rings (SSSR count). The molecule has 2 amide bonds. The summed E-state index contributed by atoms with van der Waals surface area (Å²) in [5.41, 5.74) is 0.761. The number of likely N-dealkylation sites (tertiary alicyclic amines) is 1. The Bertz CT molecular complexity index is 933. The third kappa shape index (κ3) is 3.62. The van der Waals surface area contributed by atoms with E-state index in [-0.39, 0.29) is 17.9 Å². The fourth-order valence-electron chi connectivity index (χ4n) is 3.29. The second-order valence-electron chi connectivity index (χ2n) is 7.13. The van der Waals surface area contributed by atoms with Gasteiger partial charge in [0.15, 0.2) is 17.3 Å². The minimum Gasteiger partial charge on any atom is -0.339 e. The van der Waals surface area contributed by atoms with Crippen LogP contribution in [0.5, 0.6) is 0 Å². The van der Waals surface area contributed by atoms with Gasteiger partial charge in [0.05, 0.1) is 12.5 Å². The fourth-order valence-corrected chi connectivity index (χ4v) is 3.29. The number of carbonyl (C=O) groups is 1. The highest BCUT2D eigenvalue weighted by Crippen LogP contribution is 2.26. The summed E-state index contributed by atoms with van der Waals surface area (Å²) < 4.78 is 7.29. The molecule has 1 aliphatic rings. The average molecular weight is 369 g/mol. The van der Waals surface area contributed by atoms with Crippen LogP contribution in [0.2, 0.25) is 0 Å². The quantitative estimate of drug-likeness (QED) is 0.757. The lowest BCUT2D eigenvalue weighted by atomic mass is 9.98. The minimum atomic E-state index is -0.115. The number of hydrogen-bond donors (Lipinski definition) is 1. The lowest BCUT2D eigenvalue weighted by Gasteiger charge is -2.30. The van der Waals surface area contributed by atoms with Crippen molar-refractivity contribution in [3.8, 4) is 0 Å². The molecule has 142 valence electrons. The van der Waals surface area contributed by atoms with Crippen LogP contribution in [-0.2, 0) is 6.54 Å². The van der Waals surface area contributed by atoms with Crippen molar-refractivity contribution < 1.29 is 9.32 Å². The standard InChI is InChI=1S/C18H23N7O2/c1-12(2)16-20-17(27-23-16)13-6-5-8-24(11-13)18(26)19-10-15-22-21-14-7-3-4-9-25(14)15/h3-4,7,9,12-13H,5-6,8,10-11H2,1-2H3,(H,19,26)/t13-/m0/s1. The molecule has 1 N–H and O–H groups in total. The van der Waals surface area contributed by atoms with Gasteiger partial charge in [-0.2, -0.15) is 4.98 Å². The molecule has 0 saturated carbocycles. The highest BCUT2D eigenvalue weighted by molar-refractivity contribution is 5.74. The highest BCUT2D eigenvalue weighted by atomic mass is 16.5. The number of carbonyl (C=O) groups excluding carboxylic acids is 1. The zero-order valence-electron chi connectivity index (χ0n) is 15.5. The van der Waals surface area contributed by atoms with Gasteiger partial charge in [0.1, 0.15) is 0 Å². The Hall–Kier alpha value is -2.97. The first-order valence-electron chi connectivity index (χ1n) is 9.26. The van der Waals surface area contributed by atoms with Crippen LogP contribution in [0.3, 0.4) is 0 Å². The van der Waals surface area contributed by atoms with Crippen molar-refractivity contribution in [3.05, 3.63) is 41.9 Å². The van der Waals surface area contributed by atoms with Gasteiger partial charge in [0.2, 0.25) is 5.89 Å². The van der Waals surface area contributed by atoms with Gasteiger partial charge in [0.25, 0.3) is 0 Å². The Morgan fingerprint density at radius 3 is 3.07 bits per heavy atom. The zero-order valence-corrected chi connectivity index (χ0v) is 15.5. The smallest absolute Gasteiger partial charge is 0.317 e. The summed E-state index contributed by atoms with van der Waals surface area (Å²) in [6, 6.07) is 5.58. The number of fused-ring (bicyclic) bond motifs is 1. The average Bonchev–Trinajstić information content (AvgIpc) is 3.34. The molecule has 0 unspecified atom stereocenters. The van der Waals surface area contributed by atoms with Gasteiger partial charge in [-0.3, -0.25) is 4.40 Å². The Kier molecular flexibility index (Phi) is 4.74.